The number of carbonyl (C=O) groups excluding carboxylic acids is 1. The molecule has 8 nitrogen and oxygen atoms in total. The summed E-state index contributed by atoms with van der Waals surface area (Å²) < 4.78 is 13.4. The molecule has 0 aliphatic carbocycles. The standard InChI is InChI=1S/C16H18N4O4/c21-15(17-11-5-6-12-13(8-11)24-10-23-12)9-20-16(22)19-7-3-1-2-4-14(19)18-20/h5-6,8H,1-4,7,9-10H2,(H,17,21). The molecule has 0 saturated carbocycles. The zero-order valence-electron chi connectivity index (χ0n) is 13.2. The number of fused-ring (bicyclic) bond motifs is 2. The molecule has 126 valence electrons. The molecule has 2 aromatic rings. The highest BCUT2D eigenvalue weighted by Gasteiger charge is 2.18. The van der Waals surface area contributed by atoms with Gasteiger partial charge in [-0.15, -0.1) is 0 Å². The van der Waals surface area contributed by atoms with Gasteiger partial charge >= 0.3 is 5.69 Å². The average Bonchev–Trinajstić information content (AvgIpc) is 3.05. The van der Waals surface area contributed by atoms with Crippen LogP contribution in [0.4, 0.5) is 5.69 Å². The van der Waals surface area contributed by atoms with Gasteiger partial charge in [0, 0.05) is 24.7 Å². The Morgan fingerprint density at radius 2 is 2.08 bits per heavy atom. The summed E-state index contributed by atoms with van der Waals surface area (Å²) in [4.78, 5) is 24.6. The van der Waals surface area contributed by atoms with E-state index in [2.05, 4.69) is 10.4 Å². The maximum atomic E-state index is 12.4. The molecule has 24 heavy (non-hydrogen) atoms. The van der Waals surface area contributed by atoms with E-state index in [9.17, 15) is 9.59 Å². The van der Waals surface area contributed by atoms with Crippen molar-refractivity contribution in [2.75, 3.05) is 12.1 Å². The molecule has 8 heteroatoms. The zero-order chi connectivity index (χ0) is 16.5. The number of nitrogens with one attached hydrogen (secondary N) is 1. The molecule has 0 spiro atoms. The highest BCUT2D eigenvalue weighted by Crippen LogP contribution is 2.34. The van der Waals surface area contributed by atoms with Crippen LogP contribution in [0.25, 0.3) is 0 Å². The summed E-state index contributed by atoms with van der Waals surface area (Å²) in [7, 11) is 0. The van der Waals surface area contributed by atoms with Crippen molar-refractivity contribution in [2.45, 2.75) is 38.8 Å². The van der Waals surface area contributed by atoms with Crippen molar-refractivity contribution in [3.8, 4) is 11.5 Å². The Morgan fingerprint density at radius 1 is 1.21 bits per heavy atom. The second-order valence-electron chi connectivity index (χ2n) is 5.93. The summed E-state index contributed by atoms with van der Waals surface area (Å²) >= 11 is 0. The molecule has 0 atom stereocenters. The van der Waals surface area contributed by atoms with Gasteiger partial charge in [-0.25, -0.2) is 9.48 Å². The van der Waals surface area contributed by atoms with Crippen LogP contribution < -0.4 is 20.5 Å². The molecule has 2 aliphatic rings. The number of benzene rings is 1. The quantitative estimate of drug-likeness (QED) is 0.912. The SMILES string of the molecule is O=C(Cn1nc2n(c1=O)CCCCC2)Nc1ccc2c(c1)OCO2. The second kappa shape index (κ2) is 6.03. The van der Waals surface area contributed by atoms with Gasteiger partial charge in [0.1, 0.15) is 12.4 Å². The molecule has 0 saturated heterocycles. The van der Waals surface area contributed by atoms with Gasteiger partial charge in [0.2, 0.25) is 12.7 Å². The highest BCUT2D eigenvalue weighted by molar-refractivity contribution is 5.90. The van der Waals surface area contributed by atoms with Crippen molar-refractivity contribution in [3.63, 3.8) is 0 Å². The molecule has 1 aromatic heterocycles. The number of hydrogen-bond acceptors (Lipinski definition) is 5. The summed E-state index contributed by atoms with van der Waals surface area (Å²) in [6.07, 6.45) is 3.89. The first-order valence-corrected chi connectivity index (χ1v) is 8.07. The molecule has 2 aliphatic heterocycles. The summed E-state index contributed by atoms with van der Waals surface area (Å²) in [5.74, 6) is 1.72. The Hall–Kier alpha value is -2.77. The smallest absolute Gasteiger partial charge is 0.346 e. The Morgan fingerprint density at radius 3 is 3.00 bits per heavy atom. The lowest BCUT2D eigenvalue weighted by molar-refractivity contribution is -0.117. The third kappa shape index (κ3) is 2.75. The van der Waals surface area contributed by atoms with E-state index in [1.807, 2.05) is 0 Å². The molecule has 3 heterocycles. The van der Waals surface area contributed by atoms with Crippen LogP contribution in [-0.2, 0) is 24.3 Å². The van der Waals surface area contributed by atoms with Gasteiger partial charge in [0.15, 0.2) is 11.5 Å². The Bertz CT molecular complexity index is 839. The first-order chi connectivity index (χ1) is 11.7. The lowest BCUT2D eigenvalue weighted by Gasteiger charge is -2.06. The van der Waals surface area contributed by atoms with Crippen LogP contribution in [0.5, 0.6) is 11.5 Å². The minimum absolute atomic E-state index is 0.104. The Kier molecular flexibility index (Phi) is 3.72. The van der Waals surface area contributed by atoms with Gasteiger partial charge in [0.05, 0.1) is 0 Å². The number of amides is 1. The van der Waals surface area contributed by atoms with Crippen molar-refractivity contribution in [2.24, 2.45) is 0 Å². The average molecular weight is 330 g/mol. The van der Waals surface area contributed by atoms with Crippen LogP contribution in [0.3, 0.4) is 0 Å². The minimum atomic E-state index is -0.302. The summed E-state index contributed by atoms with van der Waals surface area (Å²) in [6.45, 7) is 0.758. The molecule has 0 unspecified atom stereocenters. The van der Waals surface area contributed by atoms with E-state index in [-0.39, 0.29) is 24.9 Å². The molecule has 1 aromatic carbocycles. The molecule has 0 fully saturated rings. The molecule has 1 amide bonds. The fourth-order valence-corrected chi connectivity index (χ4v) is 3.04. The van der Waals surface area contributed by atoms with Crippen molar-refractivity contribution in [1.82, 2.24) is 14.3 Å². The van der Waals surface area contributed by atoms with Crippen LogP contribution in [0.15, 0.2) is 23.0 Å². The van der Waals surface area contributed by atoms with Crippen LogP contribution >= 0.6 is 0 Å². The number of anilines is 1. The van der Waals surface area contributed by atoms with E-state index in [1.54, 1.807) is 22.8 Å². The molecule has 1 N–H and O–H groups in total. The third-order valence-corrected chi connectivity index (χ3v) is 4.23. The fourth-order valence-electron chi connectivity index (χ4n) is 3.04. The molecule has 4 rings (SSSR count). The summed E-state index contributed by atoms with van der Waals surface area (Å²) in [6, 6.07) is 5.17. The molecular formula is C16H18N4O4. The largest absolute Gasteiger partial charge is 0.454 e. The summed E-state index contributed by atoms with van der Waals surface area (Å²) in [5.41, 5.74) is 0.380. The normalized spacial score (nSPS) is 15.7. The van der Waals surface area contributed by atoms with E-state index < -0.39 is 0 Å². The van der Waals surface area contributed by atoms with E-state index in [0.29, 0.717) is 23.7 Å². The topological polar surface area (TPSA) is 87.4 Å². The third-order valence-electron chi connectivity index (χ3n) is 4.23. The maximum absolute atomic E-state index is 12.4. The Balaban J connectivity index is 1.47. The predicted octanol–water partition coefficient (Wildman–Crippen LogP) is 1.14. The lowest BCUT2D eigenvalue weighted by Crippen LogP contribution is -2.30. The predicted molar refractivity (Wildman–Crippen MR) is 85.2 cm³/mol. The van der Waals surface area contributed by atoms with Crippen LogP contribution in [0, 0.1) is 0 Å². The van der Waals surface area contributed by atoms with Crippen molar-refractivity contribution in [1.29, 1.82) is 0 Å². The highest BCUT2D eigenvalue weighted by atomic mass is 16.7. The number of hydrogen-bond donors (Lipinski definition) is 1. The number of aryl methyl sites for hydroxylation is 1. The van der Waals surface area contributed by atoms with E-state index in [1.165, 1.54) is 4.68 Å². The fraction of sp³-hybridized carbons (Fsp3) is 0.438. The monoisotopic (exact) mass is 330 g/mol. The van der Waals surface area contributed by atoms with Crippen molar-refractivity contribution in [3.05, 3.63) is 34.5 Å². The van der Waals surface area contributed by atoms with Gasteiger partial charge in [-0.2, -0.15) is 5.10 Å². The van der Waals surface area contributed by atoms with Gasteiger partial charge in [-0.05, 0) is 25.0 Å². The number of carbonyl (C=O) groups is 1. The van der Waals surface area contributed by atoms with E-state index in [0.717, 1.165) is 31.5 Å². The molecule has 0 bridgehead atoms. The number of rotatable bonds is 3. The van der Waals surface area contributed by atoms with Crippen molar-refractivity contribution >= 4 is 11.6 Å². The zero-order valence-corrected chi connectivity index (χ0v) is 13.2. The molecular weight excluding hydrogens is 312 g/mol. The van der Waals surface area contributed by atoms with Gasteiger partial charge < -0.3 is 14.8 Å². The maximum Gasteiger partial charge on any atom is 0.346 e. The second-order valence-corrected chi connectivity index (χ2v) is 5.93. The minimum Gasteiger partial charge on any atom is -0.454 e. The van der Waals surface area contributed by atoms with Crippen LogP contribution in [0.1, 0.15) is 25.1 Å². The van der Waals surface area contributed by atoms with E-state index in [4.69, 9.17) is 9.47 Å². The van der Waals surface area contributed by atoms with Crippen LogP contribution in [0.2, 0.25) is 0 Å². The van der Waals surface area contributed by atoms with Gasteiger partial charge in [0.25, 0.3) is 0 Å². The first kappa shape index (κ1) is 14.8. The lowest BCUT2D eigenvalue weighted by atomic mass is 10.2. The number of nitrogens with zero attached hydrogens (tertiary/aromatic N) is 3. The molecule has 0 radical (unpaired) electrons. The summed E-state index contributed by atoms with van der Waals surface area (Å²) in [5, 5.41) is 7.07. The van der Waals surface area contributed by atoms with Crippen molar-refractivity contribution < 1.29 is 14.3 Å². The van der Waals surface area contributed by atoms with Gasteiger partial charge in [-0.3, -0.25) is 9.36 Å². The first-order valence-electron chi connectivity index (χ1n) is 8.07. The Labute approximate surface area is 138 Å². The van der Waals surface area contributed by atoms with E-state index >= 15 is 0 Å². The van der Waals surface area contributed by atoms with Gasteiger partial charge in [-0.1, -0.05) is 6.42 Å². The van der Waals surface area contributed by atoms with Crippen LogP contribution in [-0.4, -0.2) is 27.0 Å². The number of aromatic nitrogens is 3. The number of ether oxygens (including phenoxy) is 2.